The zero-order valence-electron chi connectivity index (χ0n) is 19.7. The fourth-order valence-electron chi connectivity index (χ4n) is 3.92. The minimum absolute atomic E-state index is 0.00906. The number of ether oxygens (including phenoxy) is 1. The Hall–Kier alpha value is -4.53. The van der Waals surface area contributed by atoms with Crippen molar-refractivity contribution in [2.24, 2.45) is 5.92 Å². The molecule has 15 nitrogen and oxygen atoms in total. The van der Waals surface area contributed by atoms with E-state index in [1.807, 2.05) is 13.8 Å². The molecule has 0 spiro atoms. The Labute approximate surface area is 203 Å². The molecule has 3 rings (SSSR count). The number of nitrogens with zero attached hydrogens (tertiary/aromatic N) is 4. The van der Waals surface area contributed by atoms with Crippen LogP contribution in [0.1, 0.15) is 44.4 Å². The van der Waals surface area contributed by atoms with Crippen LogP contribution in [0.15, 0.2) is 24.3 Å². The molecule has 0 aliphatic heterocycles. The molecule has 0 radical (unpaired) electrons. The fraction of sp³-hybridized carbons (Fsp3) is 0.381. The average Bonchev–Trinajstić information content (AvgIpc) is 3.16. The number of nitro benzene ring substituents is 4. The maximum Gasteiger partial charge on any atom is 0.308 e. The summed E-state index contributed by atoms with van der Waals surface area (Å²) in [6.07, 6.45) is 0.224. The number of esters is 1. The van der Waals surface area contributed by atoms with Crippen molar-refractivity contribution in [2.75, 3.05) is 13.7 Å². The number of benzene rings is 2. The van der Waals surface area contributed by atoms with E-state index < -0.39 is 60.4 Å². The molecule has 192 valence electrons. The van der Waals surface area contributed by atoms with Gasteiger partial charge in [-0.15, -0.1) is 0 Å². The van der Waals surface area contributed by atoms with E-state index in [0.29, 0.717) is 12.1 Å². The van der Waals surface area contributed by atoms with E-state index in [1.165, 1.54) is 7.11 Å². The lowest BCUT2D eigenvalue weighted by Gasteiger charge is -2.17. The van der Waals surface area contributed by atoms with Crippen LogP contribution in [0.2, 0.25) is 0 Å². The van der Waals surface area contributed by atoms with Gasteiger partial charge in [0, 0.05) is 12.1 Å². The van der Waals surface area contributed by atoms with Gasteiger partial charge in [-0.1, -0.05) is 20.8 Å². The summed E-state index contributed by atoms with van der Waals surface area (Å²) in [7, 11) is 1.21. The van der Waals surface area contributed by atoms with E-state index >= 15 is 0 Å². The zero-order valence-corrected chi connectivity index (χ0v) is 19.7. The molecular formula is C21H23N5O10. The molecule has 2 aromatic rings. The van der Waals surface area contributed by atoms with E-state index in [2.05, 4.69) is 10.1 Å². The summed E-state index contributed by atoms with van der Waals surface area (Å²) in [5.74, 6) is -1.04. The monoisotopic (exact) mass is 505 g/mol. The molecule has 0 fully saturated rings. The van der Waals surface area contributed by atoms with Gasteiger partial charge in [-0.3, -0.25) is 45.3 Å². The topological polar surface area (TPSA) is 211 Å². The smallest absolute Gasteiger partial charge is 0.308 e. The van der Waals surface area contributed by atoms with Gasteiger partial charge in [0.1, 0.15) is 0 Å². The van der Waals surface area contributed by atoms with E-state index in [4.69, 9.17) is 0 Å². The third kappa shape index (κ3) is 5.25. The second-order valence-electron chi connectivity index (χ2n) is 7.49. The number of nitrogens with one attached hydrogen (secondary N) is 1. The van der Waals surface area contributed by atoms with Crippen molar-refractivity contribution >= 4 is 28.7 Å². The van der Waals surface area contributed by atoms with Gasteiger partial charge in [-0.2, -0.15) is 0 Å². The van der Waals surface area contributed by atoms with Gasteiger partial charge in [0.15, 0.2) is 0 Å². The minimum Gasteiger partial charge on any atom is -0.469 e. The largest absolute Gasteiger partial charge is 0.469 e. The van der Waals surface area contributed by atoms with Gasteiger partial charge in [0.05, 0.1) is 62.0 Å². The molecule has 0 bridgehead atoms. The highest BCUT2D eigenvalue weighted by molar-refractivity contribution is 5.93. The van der Waals surface area contributed by atoms with Crippen LogP contribution in [0.5, 0.6) is 0 Å². The molecule has 0 saturated carbocycles. The van der Waals surface area contributed by atoms with Crippen molar-refractivity contribution in [1.82, 2.24) is 5.32 Å². The second kappa shape index (κ2) is 11.3. The van der Waals surface area contributed by atoms with Gasteiger partial charge in [-0.05, 0) is 24.1 Å². The summed E-state index contributed by atoms with van der Waals surface area (Å²) < 4.78 is 4.65. The number of methoxy groups -OCH3 is 1. The summed E-state index contributed by atoms with van der Waals surface area (Å²) in [5, 5.41) is 49.3. The first kappa shape index (κ1) is 27.7. The number of carbonyl (C=O) groups excluding carboxylic acids is 1. The Balaban J connectivity index is 0.00000222. The van der Waals surface area contributed by atoms with Crippen molar-refractivity contribution in [1.29, 1.82) is 0 Å². The molecule has 0 aromatic heterocycles. The number of nitro groups is 4. The number of hydrogen-bond donors (Lipinski definition) is 1. The number of carbonyl (C=O) groups is 1. The fourth-order valence-corrected chi connectivity index (χ4v) is 3.92. The molecule has 1 unspecified atom stereocenters. The summed E-state index contributed by atoms with van der Waals surface area (Å²) >= 11 is 0. The van der Waals surface area contributed by atoms with Crippen molar-refractivity contribution in [3.63, 3.8) is 0 Å². The predicted octanol–water partition coefficient (Wildman–Crippen LogP) is 4.20. The van der Waals surface area contributed by atoms with Crippen LogP contribution in [-0.2, 0) is 9.53 Å². The van der Waals surface area contributed by atoms with Gasteiger partial charge in [0.25, 0.3) is 22.7 Å². The SMILES string of the molecule is CC.COC(=O)C(C)CCNC1c2cc([N+](=O)[O-])cc([N+](=O)[O-])c2-c2c1cc([N+](=O)[O-])cc2[N+](=O)[O-]. The first-order valence-electron chi connectivity index (χ1n) is 10.7. The molecule has 36 heavy (non-hydrogen) atoms. The third-order valence-corrected chi connectivity index (χ3v) is 5.48. The lowest BCUT2D eigenvalue weighted by atomic mass is 10.0. The summed E-state index contributed by atoms with van der Waals surface area (Å²) in [5.41, 5.74) is -3.20. The van der Waals surface area contributed by atoms with Crippen LogP contribution in [0.3, 0.4) is 0 Å². The molecule has 0 amide bonds. The zero-order chi connectivity index (χ0) is 27.3. The number of hydrogen-bond acceptors (Lipinski definition) is 11. The maximum atomic E-state index is 11.8. The molecule has 1 aliphatic rings. The number of fused-ring (bicyclic) bond motifs is 3. The normalized spacial score (nSPS) is 12.4. The molecule has 1 N–H and O–H groups in total. The Bertz CT molecular complexity index is 1160. The predicted molar refractivity (Wildman–Crippen MR) is 125 cm³/mol. The highest BCUT2D eigenvalue weighted by atomic mass is 16.6. The molecular weight excluding hydrogens is 482 g/mol. The van der Waals surface area contributed by atoms with Crippen LogP contribution >= 0.6 is 0 Å². The van der Waals surface area contributed by atoms with Crippen LogP contribution < -0.4 is 5.32 Å². The average molecular weight is 505 g/mol. The number of rotatable bonds is 9. The van der Waals surface area contributed by atoms with Gasteiger partial charge < -0.3 is 10.1 Å². The van der Waals surface area contributed by atoms with Crippen molar-refractivity contribution in [2.45, 2.75) is 33.2 Å². The van der Waals surface area contributed by atoms with Crippen molar-refractivity contribution < 1.29 is 29.2 Å². The van der Waals surface area contributed by atoms with Gasteiger partial charge >= 0.3 is 5.97 Å². The highest BCUT2D eigenvalue weighted by Gasteiger charge is 2.42. The van der Waals surface area contributed by atoms with E-state index in [1.54, 1.807) is 6.92 Å². The molecule has 0 saturated heterocycles. The Morgan fingerprint density at radius 1 is 0.861 bits per heavy atom. The van der Waals surface area contributed by atoms with Crippen LogP contribution in [-0.4, -0.2) is 39.3 Å². The number of non-ortho nitro benzene ring substituents is 2. The van der Waals surface area contributed by atoms with E-state index in [0.717, 1.165) is 12.1 Å². The Kier molecular flexibility index (Phi) is 8.67. The summed E-state index contributed by atoms with van der Waals surface area (Å²) in [6.45, 7) is 5.68. The molecule has 0 heterocycles. The maximum absolute atomic E-state index is 11.8. The third-order valence-electron chi connectivity index (χ3n) is 5.48. The quantitative estimate of drug-likeness (QED) is 0.289. The molecule has 1 aliphatic carbocycles. The lowest BCUT2D eigenvalue weighted by molar-refractivity contribution is -0.395. The van der Waals surface area contributed by atoms with Crippen LogP contribution in [0.25, 0.3) is 11.1 Å². The van der Waals surface area contributed by atoms with E-state index in [9.17, 15) is 45.3 Å². The van der Waals surface area contributed by atoms with Crippen LogP contribution in [0.4, 0.5) is 22.7 Å². The highest BCUT2D eigenvalue weighted by Crippen LogP contribution is 2.53. The van der Waals surface area contributed by atoms with Crippen molar-refractivity contribution in [3.05, 3.63) is 75.8 Å². The van der Waals surface area contributed by atoms with E-state index in [-0.39, 0.29) is 35.2 Å². The lowest BCUT2D eigenvalue weighted by Crippen LogP contribution is -2.25. The van der Waals surface area contributed by atoms with Gasteiger partial charge in [0.2, 0.25) is 0 Å². The molecule has 1 atom stereocenters. The Morgan fingerprint density at radius 3 is 1.61 bits per heavy atom. The first-order chi connectivity index (χ1) is 17.0. The Morgan fingerprint density at radius 2 is 1.28 bits per heavy atom. The molecule has 15 heteroatoms. The summed E-state index contributed by atoms with van der Waals surface area (Å²) in [6, 6.07) is 2.39. The first-order valence-corrected chi connectivity index (χ1v) is 10.7. The molecule has 2 aromatic carbocycles. The van der Waals surface area contributed by atoms with Crippen LogP contribution in [0, 0.1) is 46.4 Å². The van der Waals surface area contributed by atoms with Crippen molar-refractivity contribution in [3.8, 4) is 11.1 Å². The second-order valence-corrected chi connectivity index (χ2v) is 7.49. The summed E-state index contributed by atoms with van der Waals surface area (Å²) in [4.78, 5) is 54.5. The minimum atomic E-state index is -1.08. The van der Waals surface area contributed by atoms with Gasteiger partial charge in [-0.25, -0.2) is 0 Å². The standard InChI is InChI=1S/C19H17N5O10.C2H6/c1-9(19(25)34-2)3-4-20-18-12-5-10(21(26)27)7-14(23(30)31)16(12)17-13(18)6-11(22(28)29)8-15(17)24(32)33;1-2/h5-9,18,20H,3-4H2,1-2H3;1-2H3.